The first-order valence-electron chi connectivity index (χ1n) is 6.21. The Balaban J connectivity index is 2.28. The van der Waals surface area contributed by atoms with E-state index < -0.39 is 0 Å². The van der Waals surface area contributed by atoms with Gasteiger partial charge in [0.25, 0.3) is 0 Å². The van der Waals surface area contributed by atoms with Crippen LogP contribution in [0.3, 0.4) is 0 Å². The molecule has 5 nitrogen and oxygen atoms in total. The Morgan fingerprint density at radius 2 is 1.89 bits per heavy atom. The van der Waals surface area contributed by atoms with E-state index in [9.17, 15) is 4.79 Å². The van der Waals surface area contributed by atoms with Gasteiger partial charge >= 0.3 is 5.97 Å². The molecule has 2 rings (SSSR count). The smallest absolute Gasteiger partial charge is 0.310 e. The van der Waals surface area contributed by atoms with Crippen molar-refractivity contribution in [2.45, 2.75) is 5.92 Å². The normalized spacial score (nSPS) is 22.1. The Hall–Kier alpha value is -1.75. The molecule has 1 aromatic carbocycles. The van der Waals surface area contributed by atoms with Crippen LogP contribution in [0.15, 0.2) is 18.2 Å². The van der Waals surface area contributed by atoms with Crippen molar-refractivity contribution in [3.05, 3.63) is 23.8 Å². The fourth-order valence-electron chi connectivity index (χ4n) is 2.51. The summed E-state index contributed by atoms with van der Waals surface area (Å²) in [5, 5.41) is 3.23. The Bertz CT molecular complexity index is 461. The summed E-state index contributed by atoms with van der Waals surface area (Å²) in [6.45, 7) is 1.40. The highest BCUT2D eigenvalue weighted by Gasteiger charge is 2.35. The summed E-state index contributed by atoms with van der Waals surface area (Å²) < 4.78 is 15.4. The third-order valence-electron chi connectivity index (χ3n) is 3.55. The number of rotatable bonds is 4. The highest BCUT2D eigenvalue weighted by molar-refractivity contribution is 5.74. The molecule has 1 aliphatic heterocycles. The van der Waals surface area contributed by atoms with Crippen LogP contribution in [-0.2, 0) is 9.53 Å². The van der Waals surface area contributed by atoms with Gasteiger partial charge in [-0.1, -0.05) is 6.07 Å². The van der Waals surface area contributed by atoms with Crippen LogP contribution in [-0.4, -0.2) is 40.4 Å². The SMILES string of the molecule is COC(=O)[C@@H]1CNC[C@H]1c1ccc(OC)c(OC)c1. The van der Waals surface area contributed by atoms with Gasteiger partial charge in [-0.25, -0.2) is 0 Å². The number of carbonyl (C=O) groups excluding carboxylic acids is 1. The molecule has 0 amide bonds. The Kier molecular flexibility index (Phi) is 4.27. The van der Waals surface area contributed by atoms with Crippen LogP contribution in [0.2, 0.25) is 0 Å². The van der Waals surface area contributed by atoms with Gasteiger partial charge in [-0.2, -0.15) is 0 Å². The van der Waals surface area contributed by atoms with E-state index in [2.05, 4.69) is 5.32 Å². The van der Waals surface area contributed by atoms with Gasteiger partial charge in [0.05, 0.1) is 27.2 Å². The molecule has 1 aliphatic rings. The van der Waals surface area contributed by atoms with Gasteiger partial charge in [0.15, 0.2) is 11.5 Å². The summed E-state index contributed by atoms with van der Waals surface area (Å²) in [5.41, 5.74) is 1.05. The minimum Gasteiger partial charge on any atom is -0.493 e. The molecule has 1 heterocycles. The molecule has 1 saturated heterocycles. The van der Waals surface area contributed by atoms with Crippen molar-refractivity contribution in [2.24, 2.45) is 5.92 Å². The van der Waals surface area contributed by atoms with Gasteiger partial charge in [-0.3, -0.25) is 4.79 Å². The molecule has 19 heavy (non-hydrogen) atoms. The third-order valence-corrected chi connectivity index (χ3v) is 3.55. The van der Waals surface area contributed by atoms with Crippen LogP contribution >= 0.6 is 0 Å². The van der Waals surface area contributed by atoms with E-state index >= 15 is 0 Å². The number of hydrogen-bond donors (Lipinski definition) is 1. The maximum absolute atomic E-state index is 11.8. The predicted octanol–water partition coefficient (Wildman–Crippen LogP) is 1.18. The standard InChI is InChI=1S/C14H19NO4/c1-17-12-5-4-9(6-13(12)18-2)10-7-15-8-11(10)14(16)19-3/h4-6,10-11,15H,7-8H2,1-3H3/t10-,11+/m0/s1. The minimum absolute atomic E-state index is 0.104. The van der Waals surface area contributed by atoms with Gasteiger partial charge in [-0.15, -0.1) is 0 Å². The molecule has 2 atom stereocenters. The molecule has 104 valence electrons. The number of carbonyl (C=O) groups is 1. The van der Waals surface area contributed by atoms with E-state index in [-0.39, 0.29) is 17.8 Å². The lowest BCUT2D eigenvalue weighted by Crippen LogP contribution is -2.23. The average molecular weight is 265 g/mol. The van der Waals surface area contributed by atoms with E-state index in [1.54, 1.807) is 14.2 Å². The first-order valence-corrected chi connectivity index (χ1v) is 6.21. The lowest BCUT2D eigenvalue weighted by atomic mass is 9.89. The second-order valence-electron chi connectivity index (χ2n) is 4.51. The number of ether oxygens (including phenoxy) is 3. The second kappa shape index (κ2) is 5.93. The van der Waals surface area contributed by atoms with E-state index in [1.807, 2.05) is 18.2 Å². The first-order chi connectivity index (χ1) is 9.21. The highest BCUT2D eigenvalue weighted by Crippen LogP contribution is 2.35. The van der Waals surface area contributed by atoms with Crippen molar-refractivity contribution in [3.8, 4) is 11.5 Å². The monoisotopic (exact) mass is 265 g/mol. The van der Waals surface area contributed by atoms with Crippen LogP contribution in [0, 0.1) is 5.92 Å². The van der Waals surface area contributed by atoms with Crippen molar-refractivity contribution >= 4 is 5.97 Å². The zero-order valence-corrected chi connectivity index (χ0v) is 11.4. The number of methoxy groups -OCH3 is 3. The van der Waals surface area contributed by atoms with Crippen LogP contribution in [0.5, 0.6) is 11.5 Å². The second-order valence-corrected chi connectivity index (χ2v) is 4.51. The molecular weight excluding hydrogens is 246 g/mol. The van der Waals surface area contributed by atoms with Gasteiger partial charge in [0.1, 0.15) is 0 Å². The van der Waals surface area contributed by atoms with Crippen LogP contribution in [0.4, 0.5) is 0 Å². The summed E-state index contributed by atoms with van der Waals surface area (Å²) >= 11 is 0. The molecule has 0 bridgehead atoms. The van der Waals surface area contributed by atoms with E-state index in [4.69, 9.17) is 14.2 Å². The fraction of sp³-hybridized carbons (Fsp3) is 0.500. The van der Waals surface area contributed by atoms with Crippen molar-refractivity contribution in [1.29, 1.82) is 0 Å². The Morgan fingerprint density at radius 1 is 1.16 bits per heavy atom. The van der Waals surface area contributed by atoms with Crippen molar-refractivity contribution in [3.63, 3.8) is 0 Å². The van der Waals surface area contributed by atoms with Crippen LogP contribution < -0.4 is 14.8 Å². The molecule has 0 aliphatic carbocycles. The van der Waals surface area contributed by atoms with E-state index in [0.717, 1.165) is 12.1 Å². The van der Waals surface area contributed by atoms with Crippen LogP contribution in [0.1, 0.15) is 11.5 Å². The average Bonchev–Trinajstić information content (AvgIpc) is 2.95. The lowest BCUT2D eigenvalue weighted by molar-refractivity contribution is -0.145. The zero-order chi connectivity index (χ0) is 13.8. The summed E-state index contributed by atoms with van der Waals surface area (Å²) in [7, 11) is 4.63. The summed E-state index contributed by atoms with van der Waals surface area (Å²) in [6.07, 6.45) is 0. The largest absolute Gasteiger partial charge is 0.493 e. The molecule has 0 radical (unpaired) electrons. The minimum atomic E-state index is -0.176. The molecule has 5 heteroatoms. The molecule has 1 fully saturated rings. The van der Waals surface area contributed by atoms with Crippen molar-refractivity contribution in [2.75, 3.05) is 34.4 Å². The summed E-state index contributed by atoms with van der Waals surface area (Å²) in [4.78, 5) is 11.8. The topological polar surface area (TPSA) is 56.8 Å². The van der Waals surface area contributed by atoms with E-state index in [0.29, 0.717) is 18.0 Å². The third kappa shape index (κ3) is 2.66. The molecule has 1 N–H and O–H groups in total. The molecule has 0 saturated carbocycles. The molecular formula is C14H19NO4. The van der Waals surface area contributed by atoms with Gasteiger partial charge < -0.3 is 19.5 Å². The number of esters is 1. The maximum atomic E-state index is 11.8. The molecule has 0 spiro atoms. The first kappa shape index (κ1) is 13.7. The van der Waals surface area contributed by atoms with Crippen LogP contribution in [0.25, 0.3) is 0 Å². The number of hydrogen-bond acceptors (Lipinski definition) is 5. The zero-order valence-electron chi connectivity index (χ0n) is 11.4. The Labute approximate surface area is 112 Å². The van der Waals surface area contributed by atoms with Crippen molar-refractivity contribution in [1.82, 2.24) is 5.32 Å². The van der Waals surface area contributed by atoms with Crippen molar-refractivity contribution < 1.29 is 19.0 Å². The quantitative estimate of drug-likeness (QED) is 0.828. The maximum Gasteiger partial charge on any atom is 0.310 e. The summed E-state index contributed by atoms with van der Waals surface area (Å²) in [6, 6.07) is 5.75. The van der Waals surface area contributed by atoms with Gasteiger partial charge in [0.2, 0.25) is 0 Å². The molecule has 1 aromatic rings. The lowest BCUT2D eigenvalue weighted by Gasteiger charge is -2.18. The fourth-order valence-corrected chi connectivity index (χ4v) is 2.51. The predicted molar refractivity (Wildman–Crippen MR) is 70.7 cm³/mol. The molecule has 0 aromatic heterocycles. The molecule has 0 unspecified atom stereocenters. The Morgan fingerprint density at radius 3 is 2.53 bits per heavy atom. The number of benzene rings is 1. The number of nitrogens with one attached hydrogen (secondary N) is 1. The highest BCUT2D eigenvalue weighted by atomic mass is 16.5. The van der Waals surface area contributed by atoms with E-state index in [1.165, 1.54) is 7.11 Å². The summed E-state index contributed by atoms with van der Waals surface area (Å²) in [5.74, 6) is 1.14. The van der Waals surface area contributed by atoms with Gasteiger partial charge in [-0.05, 0) is 17.7 Å². The van der Waals surface area contributed by atoms with Gasteiger partial charge in [0, 0.05) is 19.0 Å².